The molecule has 0 bridgehead atoms. The zero-order chi connectivity index (χ0) is 11.4. The Kier molecular flexibility index (Phi) is 4.11. The number of aliphatic hydroxyl groups is 1. The van der Waals surface area contributed by atoms with Crippen LogP contribution in [-0.2, 0) is 0 Å². The minimum atomic E-state index is -0.991. The van der Waals surface area contributed by atoms with Gasteiger partial charge in [0.1, 0.15) is 0 Å². The Balaban J connectivity index is 3.02. The van der Waals surface area contributed by atoms with Gasteiger partial charge < -0.3 is 10.2 Å². The van der Waals surface area contributed by atoms with Gasteiger partial charge in [0, 0.05) is 22.0 Å². The van der Waals surface area contributed by atoms with Gasteiger partial charge in [-0.15, -0.1) is 11.8 Å². The number of aryl methyl sites for hydroxylation is 1. The molecule has 0 aromatic carbocycles. The maximum atomic E-state index is 10.9. The second-order valence-electron chi connectivity index (χ2n) is 3.24. The molecule has 0 spiro atoms. The van der Waals surface area contributed by atoms with Crippen LogP contribution in [0, 0.1) is 6.92 Å². The quantitative estimate of drug-likeness (QED) is 0.764. The Morgan fingerprint density at radius 2 is 2.33 bits per heavy atom. The van der Waals surface area contributed by atoms with Crippen LogP contribution in [0.1, 0.15) is 23.0 Å². The van der Waals surface area contributed by atoms with Gasteiger partial charge in [-0.25, -0.2) is 4.79 Å². The van der Waals surface area contributed by atoms with Gasteiger partial charge in [0.25, 0.3) is 0 Å². The predicted octanol–water partition coefficient (Wildman–Crippen LogP) is 1.56. The zero-order valence-corrected chi connectivity index (χ0v) is 9.41. The molecule has 15 heavy (non-hydrogen) atoms. The van der Waals surface area contributed by atoms with Gasteiger partial charge in [-0.05, 0) is 13.0 Å². The van der Waals surface area contributed by atoms with Crippen molar-refractivity contribution in [1.82, 2.24) is 4.98 Å². The number of aromatic carboxylic acids is 1. The fourth-order valence-electron chi connectivity index (χ4n) is 1.05. The highest BCUT2D eigenvalue weighted by molar-refractivity contribution is 8.00. The first-order valence-electron chi connectivity index (χ1n) is 4.52. The van der Waals surface area contributed by atoms with Gasteiger partial charge in [0.2, 0.25) is 0 Å². The standard InChI is InChI=1S/C10H13NO3S/c1-6-3-9(15-7(2)5-12)8(4-11-6)10(13)14/h3-4,7,12H,5H2,1-2H3,(H,13,14). The fraction of sp³-hybridized carbons (Fsp3) is 0.400. The minimum Gasteiger partial charge on any atom is -0.478 e. The highest BCUT2D eigenvalue weighted by Gasteiger charge is 2.13. The highest BCUT2D eigenvalue weighted by atomic mass is 32.2. The molecular formula is C10H13NO3S. The molecule has 0 fully saturated rings. The summed E-state index contributed by atoms with van der Waals surface area (Å²) in [4.78, 5) is 15.5. The summed E-state index contributed by atoms with van der Waals surface area (Å²) in [5, 5.41) is 17.8. The summed E-state index contributed by atoms with van der Waals surface area (Å²) in [7, 11) is 0. The van der Waals surface area contributed by atoms with Crippen LogP contribution >= 0.6 is 11.8 Å². The van der Waals surface area contributed by atoms with Crippen molar-refractivity contribution >= 4 is 17.7 Å². The second kappa shape index (κ2) is 5.14. The van der Waals surface area contributed by atoms with Crippen LogP contribution < -0.4 is 0 Å². The molecule has 4 nitrogen and oxygen atoms in total. The fourth-order valence-corrected chi connectivity index (χ4v) is 2.06. The lowest BCUT2D eigenvalue weighted by Crippen LogP contribution is -2.06. The summed E-state index contributed by atoms with van der Waals surface area (Å²) >= 11 is 1.34. The van der Waals surface area contributed by atoms with Crippen molar-refractivity contribution in [1.29, 1.82) is 0 Å². The molecule has 0 amide bonds. The maximum absolute atomic E-state index is 10.9. The number of aliphatic hydroxyl groups excluding tert-OH is 1. The minimum absolute atomic E-state index is 0.0189. The molecule has 2 N–H and O–H groups in total. The monoisotopic (exact) mass is 227 g/mol. The third kappa shape index (κ3) is 3.21. The van der Waals surface area contributed by atoms with E-state index in [0.29, 0.717) is 4.90 Å². The van der Waals surface area contributed by atoms with Crippen molar-refractivity contribution in [3.05, 3.63) is 23.5 Å². The van der Waals surface area contributed by atoms with Crippen molar-refractivity contribution in [3.63, 3.8) is 0 Å². The molecule has 82 valence electrons. The molecule has 1 aromatic rings. The lowest BCUT2D eigenvalue weighted by Gasteiger charge is -2.10. The molecule has 0 saturated carbocycles. The summed E-state index contributed by atoms with van der Waals surface area (Å²) in [6, 6.07) is 1.72. The lowest BCUT2D eigenvalue weighted by molar-refractivity contribution is 0.0692. The lowest BCUT2D eigenvalue weighted by atomic mass is 10.2. The number of pyridine rings is 1. The first-order chi connectivity index (χ1) is 7.04. The molecule has 0 aliphatic heterocycles. The van der Waals surface area contributed by atoms with Gasteiger partial charge in [0.15, 0.2) is 0 Å². The number of carboxylic acid groups (broad SMARTS) is 1. The molecule has 1 aromatic heterocycles. The predicted molar refractivity (Wildman–Crippen MR) is 58.3 cm³/mol. The van der Waals surface area contributed by atoms with E-state index in [4.69, 9.17) is 10.2 Å². The average molecular weight is 227 g/mol. The highest BCUT2D eigenvalue weighted by Crippen LogP contribution is 2.26. The van der Waals surface area contributed by atoms with Crippen LogP contribution in [0.2, 0.25) is 0 Å². The van der Waals surface area contributed by atoms with Crippen LogP contribution in [0.25, 0.3) is 0 Å². The molecule has 0 aliphatic rings. The molecule has 1 unspecified atom stereocenters. The Bertz CT molecular complexity index is 368. The SMILES string of the molecule is Cc1cc(SC(C)CO)c(C(=O)O)cn1. The Morgan fingerprint density at radius 3 is 2.87 bits per heavy atom. The molecule has 0 saturated heterocycles. The summed E-state index contributed by atoms with van der Waals surface area (Å²) < 4.78 is 0. The van der Waals surface area contributed by atoms with E-state index in [2.05, 4.69) is 4.98 Å². The van der Waals surface area contributed by atoms with E-state index in [-0.39, 0.29) is 17.4 Å². The molecule has 5 heteroatoms. The number of thioether (sulfide) groups is 1. The summed E-state index contributed by atoms with van der Waals surface area (Å²) in [6.45, 7) is 3.66. The first-order valence-corrected chi connectivity index (χ1v) is 5.40. The number of aromatic nitrogens is 1. The zero-order valence-electron chi connectivity index (χ0n) is 8.60. The van der Waals surface area contributed by atoms with E-state index < -0.39 is 5.97 Å². The van der Waals surface area contributed by atoms with Crippen LogP contribution in [0.5, 0.6) is 0 Å². The molecule has 1 heterocycles. The van der Waals surface area contributed by atoms with Crippen LogP contribution in [0.4, 0.5) is 0 Å². The Hall–Kier alpha value is -1.07. The van der Waals surface area contributed by atoms with Gasteiger partial charge in [-0.3, -0.25) is 4.98 Å². The van der Waals surface area contributed by atoms with Gasteiger partial charge in [0.05, 0.1) is 12.2 Å². The molecule has 1 atom stereocenters. The van der Waals surface area contributed by atoms with Crippen LogP contribution in [-0.4, -0.2) is 33.0 Å². The third-order valence-corrected chi connectivity index (χ3v) is 2.96. The van der Waals surface area contributed by atoms with Crippen molar-refractivity contribution in [2.24, 2.45) is 0 Å². The van der Waals surface area contributed by atoms with Crippen molar-refractivity contribution in [2.45, 2.75) is 24.0 Å². The summed E-state index contributed by atoms with van der Waals surface area (Å²) in [6.07, 6.45) is 1.35. The van der Waals surface area contributed by atoms with Gasteiger partial charge in [-0.1, -0.05) is 6.92 Å². The number of hydrogen-bond acceptors (Lipinski definition) is 4. The molecular weight excluding hydrogens is 214 g/mol. The maximum Gasteiger partial charge on any atom is 0.338 e. The number of hydrogen-bond donors (Lipinski definition) is 2. The second-order valence-corrected chi connectivity index (χ2v) is 4.72. The number of carbonyl (C=O) groups is 1. The summed E-state index contributed by atoms with van der Waals surface area (Å²) in [5.41, 5.74) is 0.957. The molecule has 0 aliphatic carbocycles. The number of rotatable bonds is 4. The van der Waals surface area contributed by atoms with Gasteiger partial charge in [-0.2, -0.15) is 0 Å². The Labute approximate surface area is 92.3 Å². The average Bonchev–Trinajstić information content (AvgIpc) is 2.17. The molecule has 0 radical (unpaired) electrons. The molecule has 1 rings (SSSR count). The van der Waals surface area contributed by atoms with E-state index in [9.17, 15) is 4.79 Å². The third-order valence-electron chi connectivity index (χ3n) is 1.82. The van der Waals surface area contributed by atoms with E-state index in [1.165, 1.54) is 18.0 Å². The van der Waals surface area contributed by atoms with E-state index in [1.807, 2.05) is 6.92 Å². The van der Waals surface area contributed by atoms with E-state index in [1.54, 1.807) is 13.0 Å². The topological polar surface area (TPSA) is 70.4 Å². The normalized spacial score (nSPS) is 12.5. The van der Waals surface area contributed by atoms with Crippen LogP contribution in [0.15, 0.2) is 17.2 Å². The van der Waals surface area contributed by atoms with Crippen molar-refractivity contribution in [3.8, 4) is 0 Å². The van der Waals surface area contributed by atoms with Crippen LogP contribution in [0.3, 0.4) is 0 Å². The number of carboxylic acids is 1. The first kappa shape index (κ1) is 12.0. The van der Waals surface area contributed by atoms with Crippen molar-refractivity contribution < 1.29 is 15.0 Å². The van der Waals surface area contributed by atoms with E-state index in [0.717, 1.165) is 5.69 Å². The Morgan fingerprint density at radius 1 is 1.67 bits per heavy atom. The smallest absolute Gasteiger partial charge is 0.338 e. The summed E-state index contributed by atoms with van der Waals surface area (Å²) in [5.74, 6) is -0.991. The van der Waals surface area contributed by atoms with Gasteiger partial charge >= 0.3 is 5.97 Å². The van der Waals surface area contributed by atoms with E-state index >= 15 is 0 Å². The largest absolute Gasteiger partial charge is 0.478 e. The number of nitrogens with zero attached hydrogens (tertiary/aromatic N) is 1. The van der Waals surface area contributed by atoms with Crippen molar-refractivity contribution in [2.75, 3.05) is 6.61 Å².